The van der Waals surface area contributed by atoms with Gasteiger partial charge in [-0.1, -0.05) is 42.0 Å². The fourth-order valence-electron chi connectivity index (χ4n) is 3.93. The number of nitrogens with zero attached hydrogens (tertiary/aromatic N) is 3. The summed E-state index contributed by atoms with van der Waals surface area (Å²) in [6.07, 6.45) is 6.99. The highest BCUT2D eigenvalue weighted by Crippen LogP contribution is 2.30. The number of amidine groups is 1. The third-order valence-electron chi connectivity index (χ3n) is 5.72. The van der Waals surface area contributed by atoms with Crippen molar-refractivity contribution in [1.29, 1.82) is 0 Å². The highest BCUT2D eigenvalue weighted by atomic mass is 32.1. The molecule has 3 amide bonds. The minimum atomic E-state index is -1.16. The molecule has 8 heteroatoms. The minimum absolute atomic E-state index is 0.0561. The summed E-state index contributed by atoms with van der Waals surface area (Å²) >= 11 is 1.52. The SMILES string of the molecule is Cc1ccc(CNC(=O)CN(Cc2cccs2)C(=O)[C@]2(C)CC(=O)N=C3C=CC=CN32)cc1. The lowest BCUT2D eigenvalue weighted by Crippen LogP contribution is -2.61. The summed E-state index contributed by atoms with van der Waals surface area (Å²) in [6.45, 7) is 4.31. The number of amides is 3. The smallest absolute Gasteiger partial charge is 0.250 e. The van der Waals surface area contributed by atoms with Gasteiger partial charge in [0.2, 0.25) is 11.8 Å². The van der Waals surface area contributed by atoms with E-state index in [2.05, 4.69) is 10.3 Å². The van der Waals surface area contributed by atoms with Crippen LogP contribution in [0.5, 0.6) is 0 Å². The number of allylic oxidation sites excluding steroid dienone is 2. The normalized spacial score (nSPS) is 19.2. The molecular formula is C25H26N4O3S. The van der Waals surface area contributed by atoms with Crippen LogP contribution in [0.4, 0.5) is 0 Å². The molecule has 2 aromatic rings. The topological polar surface area (TPSA) is 82.1 Å². The molecule has 1 N–H and O–H groups in total. The fourth-order valence-corrected chi connectivity index (χ4v) is 4.65. The van der Waals surface area contributed by atoms with Gasteiger partial charge in [-0.2, -0.15) is 4.99 Å². The summed E-state index contributed by atoms with van der Waals surface area (Å²) in [5.41, 5.74) is 0.975. The second kappa shape index (κ2) is 9.54. The summed E-state index contributed by atoms with van der Waals surface area (Å²) in [4.78, 5) is 47.3. The lowest BCUT2D eigenvalue weighted by Gasteiger charge is -2.44. The molecular weight excluding hydrogens is 436 g/mol. The summed E-state index contributed by atoms with van der Waals surface area (Å²) < 4.78 is 0. The van der Waals surface area contributed by atoms with Gasteiger partial charge in [0.05, 0.1) is 19.5 Å². The number of carbonyl (C=O) groups excluding carboxylic acids is 3. The number of aliphatic imine (C=N–C) groups is 1. The Morgan fingerprint density at radius 2 is 2.00 bits per heavy atom. The van der Waals surface area contributed by atoms with Crippen LogP contribution in [0.1, 0.15) is 29.3 Å². The van der Waals surface area contributed by atoms with Gasteiger partial charge in [0.25, 0.3) is 5.91 Å². The van der Waals surface area contributed by atoms with Crippen molar-refractivity contribution in [3.8, 4) is 0 Å². The molecule has 33 heavy (non-hydrogen) atoms. The van der Waals surface area contributed by atoms with Gasteiger partial charge in [-0.25, -0.2) is 0 Å². The molecule has 1 aromatic carbocycles. The molecule has 2 aliphatic rings. The molecule has 0 bridgehead atoms. The number of benzene rings is 1. The molecule has 0 aliphatic carbocycles. The lowest BCUT2D eigenvalue weighted by atomic mass is 9.90. The van der Waals surface area contributed by atoms with Crippen LogP contribution in [-0.2, 0) is 27.5 Å². The molecule has 0 radical (unpaired) electrons. The van der Waals surface area contributed by atoms with Gasteiger partial charge in [0, 0.05) is 17.6 Å². The average molecular weight is 463 g/mol. The van der Waals surface area contributed by atoms with Crippen LogP contribution in [0.25, 0.3) is 0 Å². The second-order valence-electron chi connectivity index (χ2n) is 8.39. The Morgan fingerprint density at radius 3 is 2.73 bits per heavy atom. The number of hydrogen-bond donors (Lipinski definition) is 1. The van der Waals surface area contributed by atoms with E-state index in [9.17, 15) is 14.4 Å². The van der Waals surface area contributed by atoms with Crippen molar-refractivity contribution in [3.63, 3.8) is 0 Å². The number of rotatable bonds is 7. The Bertz CT molecular complexity index is 1130. The van der Waals surface area contributed by atoms with Crippen molar-refractivity contribution in [3.05, 3.63) is 82.2 Å². The Hall–Kier alpha value is -3.52. The third-order valence-corrected chi connectivity index (χ3v) is 6.59. The quantitative estimate of drug-likeness (QED) is 0.685. The summed E-state index contributed by atoms with van der Waals surface area (Å²) in [6, 6.07) is 11.8. The lowest BCUT2D eigenvalue weighted by molar-refractivity contribution is -0.146. The van der Waals surface area contributed by atoms with Crippen molar-refractivity contribution < 1.29 is 14.4 Å². The van der Waals surface area contributed by atoms with Crippen molar-refractivity contribution in [2.75, 3.05) is 6.54 Å². The minimum Gasteiger partial charge on any atom is -0.350 e. The molecule has 3 heterocycles. The highest BCUT2D eigenvalue weighted by Gasteiger charge is 2.47. The zero-order valence-corrected chi connectivity index (χ0v) is 19.5. The number of nitrogens with one attached hydrogen (secondary N) is 1. The Kier molecular flexibility index (Phi) is 6.55. The number of hydrogen-bond acceptors (Lipinski definition) is 5. The molecule has 0 saturated carbocycles. The van der Waals surface area contributed by atoms with E-state index in [1.807, 2.05) is 48.7 Å². The van der Waals surface area contributed by atoms with Gasteiger partial charge >= 0.3 is 0 Å². The molecule has 1 aromatic heterocycles. The van der Waals surface area contributed by atoms with E-state index in [0.717, 1.165) is 16.0 Å². The van der Waals surface area contributed by atoms with Gasteiger partial charge in [-0.3, -0.25) is 14.4 Å². The summed E-state index contributed by atoms with van der Waals surface area (Å²) in [5.74, 6) is -0.460. The first-order chi connectivity index (χ1) is 15.8. The Morgan fingerprint density at radius 1 is 1.21 bits per heavy atom. The van der Waals surface area contributed by atoms with Crippen molar-refractivity contribution in [2.24, 2.45) is 4.99 Å². The predicted molar refractivity (Wildman–Crippen MR) is 128 cm³/mol. The number of carbonyl (C=O) groups is 3. The number of thiophene rings is 1. The maximum atomic E-state index is 13.8. The monoisotopic (exact) mass is 462 g/mol. The fraction of sp³-hybridized carbons (Fsp3) is 0.280. The first kappa shape index (κ1) is 22.7. The van der Waals surface area contributed by atoms with Crippen LogP contribution in [-0.4, -0.2) is 45.4 Å². The van der Waals surface area contributed by atoms with E-state index in [4.69, 9.17) is 0 Å². The van der Waals surface area contributed by atoms with Crippen molar-refractivity contribution >= 4 is 34.9 Å². The van der Waals surface area contributed by atoms with Crippen molar-refractivity contribution in [2.45, 2.75) is 38.9 Å². The van der Waals surface area contributed by atoms with Gasteiger partial charge < -0.3 is 15.1 Å². The third kappa shape index (κ3) is 5.12. The maximum absolute atomic E-state index is 13.8. The van der Waals surface area contributed by atoms with Crippen LogP contribution >= 0.6 is 11.3 Å². The zero-order valence-electron chi connectivity index (χ0n) is 18.7. The molecule has 0 unspecified atom stereocenters. The van der Waals surface area contributed by atoms with Crippen LogP contribution < -0.4 is 5.32 Å². The molecule has 0 spiro atoms. The van der Waals surface area contributed by atoms with Crippen LogP contribution in [0, 0.1) is 6.92 Å². The predicted octanol–water partition coefficient (Wildman–Crippen LogP) is 3.17. The largest absolute Gasteiger partial charge is 0.350 e. The van der Waals surface area contributed by atoms with E-state index < -0.39 is 5.54 Å². The Labute approximate surface area is 197 Å². The van der Waals surface area contributed by atoms with Gasteiger partial charge in [0.15, 0.2) is 0 Å². The molecule has 170 valence electrons. The average Bonchev–Trinajstić information content (AvgIpc) is 3.31. The van der Waals surface area contributed by atoms with Gasteiger partial charge in [-0.05, 0) is 43.0 Å². The Balaban J connectivity index is 1.53. The summed E-state index contributed by atoms with van der Waals surface area (Å²) in [7, 11) is 0. The first-order valence-electron chi connectivity index (χ1n) is 10.7. The van der Waals surface area contributed by atoms with E-state index >= 15 is 0 Å². The van der Waals surface area contributed by atoms with E-state index in [1.54, 1.807) is 36.3 Å². The van der Waals surface area contributed by atoms with E-state index in [-0.39, 0.29) is 37.2 Å². The zero-order chi connectivity index (χ0) is 23.4. The first-order valence-corrected chi connectivity index (χ1v) is 11.6. The maximum Gasteiger partial charge on any atom is 0.250 e. The van der Waals surface area contributed by atoms with Crippen LogP contribution in [0.2, 0.25) is 0 Å². The highest BCUT2D eigenvalue weighted by molar-refractivity contribution is 7.09. The molecule has 2 aliphatic heterocycles. The second-order valence-corrected chi connectivity index (χ2v) is 9.42. The van der Waals surface area contributed by atoms with Gasteiger partial charge in [-0.15, -0.1) is 11.3 Å². The molecule has 1 atom stereocenters. The standard InChI is InChI=1S/C25H26N4O3S/c1-18-8-10-19(11-9-18)15-26-23(31)17-28(16-20-6-5-13-33-20)24(32)25(2)14-22(30)27-21-7-3-4-12-29(21)25/h3-13H,14-17H2,1-2H3,(H,26,31)/t25-/m0/s1. The van der Waals surface area contributed by atoms with E-state index in [1.165, 1.54) is 16.2 Å². The van der Waals surface area contributed by atoms with Gasteiger partial charge in [0.1, 0.15) is 11.4 Å². The van der Waals surface area contributed by atoms with Crippen LogP contribution in [0.15, 0.2) is 71.2 Å². The van der Waals surface area contributed by atoms with E-state index in [0.29, 0.717) is 12.4 Å². The molecule has 7 nitrogen and oxygen atoms in total. The molecule has 0 saturated heterocycles. The molecule has 4 rings (SSSR count). The number of fused-ring (bicyclic) bond motifs is 1. The summed E-state index contributed by atoms with van der Waals surface area (Å²) in [5, 5.41) is 4.84. The van der Waals surface area contributed by atoms with Crippen LogP contribution in [0.3, 0.4) is 0 Å². The number of aryl methyl sites for hydroxylation is 1. The van der Waals surface area contributed by atoms with Crippen molar-refractivity contribution in [1.82, 2.24) is 15.1 Å². The molecule has 0 fully saturated rings.